The zero-order valence-corrected chi connectivity index (χ0v) is 22.2. The average molecular weight is 558 g/mol. The Bertz CT molecular complexity index is 1180. The van der Waals surface area contributed by atoms with Crippen molar-refractivity contribution in [2.24, 2.45) is 0 Å². The van der Waals surface area contributed by atoms with Gasteiger partial charge in [0.25, 0.3) is 0 Å². The highest BCUT2D eigenvalue weighted by Crippen LogP contribution is 2.38. The van der Waals surface area contributed by atoms with Crippen molar-refractivity contribution in [3.8, 4) is 0 Å². The van der Waals surface area contributed by atoms with Crippen molar-refractivity contribution in [3.05, 3.63) is 40.0 Å². The number of ether oxygens (including phenoxy) is 1. The Kier molecular flexibility index (Phi) is 6.80. The Balaban J connectivity index is 1.15. The number of aromatic nitrogens is 2. The lowest BCUT2D eigenvalue weighted by atomic mass is 9.99. The molecule has 36 heavy (non-hydrogen) atoms. The molecule has 192 valence electrons. The molecule has 10 heteroatoms. The van der Waals surface area contributed by atoms with E-state index in [-0.39, 0.29) is 35.5 Å². The summed E-state index contributed by atoms with van der Waals surface area (Å²) in [5.41, 5.74) is 2.52. The summed E-state index contributed by atoms with van der Waals surface area (Å²) in [6, 6.07) is 7.55. The van der Waals surface area contributed by atoms with E-state index >= 15 is 0 Å². The van der Waals surface area contributed by atoms with Crippen LogP contribution in [-0.4, -0.2) is 46.3 Å². The van der Waals surface area contributed by atoms with E-state index in [9.17, 15) is 14.4 Å². The Labute approximate surface area is 218 Å². The molecule has 9 nitrogen and oxygen atoms in total. The lowest BCUT2D eigenvalue weighted by molar-refractivity contribution is -0.118. The second-order valence-corrected chi connectivity index (χ2v) is 11.4. The van der Waals surface area contributed by atoms with E-state index in [1.165, 1.54) is 0 Å². The first-order valence-electron chi connectivity index (χ1n) is 12.7. The largest absolute Gasteiger partial charge is 0.446 e. The molecular formula is C26H32BrN5O4. The van der Waals surface area contributed by atoms with Crippen LogP contribution < -0.4 is 15.5 Å². The van der Waals surface area contributed by atoms with Gasteiger partial charge in [-0.1, -0.05) is 22.0 Å². The van der Waals surface area contributed by atoms with Gasteiger partial charge in [-0.3, -0.25) is 14.7 Å². The summed E-state index contributed by atoms with van der Waals surface area (Å²) in [7, 11) is 0. The smallest absolute Gasteiger partial charge is 0.407 e. The molecule has 1 aromatic carbocycles. The van der Waals surface area contributed by atoms with E-state index < -0.39 is 5.92 Å². The van der Waals surface area contributed by atoms with Gasteiger partial charge in [0.1, 0.15) is 6.10 Å². The maximum atomic E-state index is 13.0. The third-order valence-electron chi connectivity index (χ3n) is 7.58. The Morgan fingerprint density at radius 3 is 2.78 bits per heavy atom. The maximum Gasteiger partial charge on any atom is 0.407 e. The van der Waals surface area contributed by atoms with E-state index in [0.717, 1.165) is 66.5 Å². The molecule has 5 rings (SSSR count). The van der Waals surface area contributed by atoms with Gasteiger partial charge in [-0.25, -0.2) is 4.79 Å². The fourth-order valence-corrected chi connectivity index (χ4v) is 5.72. The first-order chi connectivity index (χ1) is 17.2. The van der Waals surface area contributed by atoms with Gasteiger partial charge in [0.05, 0.1) is 5.92 Å². The van der Waals surface area contributed by atoms with Crippen molar-refractivity contribution in [1.82, 2.24) is 15.5 Å². The van der Waals surface area contributed by atoms with Crippen molar-refractivity contribution in [1.29, 1.82) is 0 Å². The van der Waals surface area contributed by atoms with Crippen LogP contribution >= 0.6 is 15.9 Å². The van der Waals surface area contributed by atoms with Crippen LogP contribution in [0.1, 0.15) is 81.9 Å². The summed E-state index contributed by atoms with van der Waals surface area (Å²) >= 11 is 3.58. The fourth-order valence-electron chi connectivity index (χ4n) is 5.01. The van der Waals surface area contributed by atoms with E-state index in [2.05, 4.69) is 36.8 Å². The molecule has 3 N–H and O–H groups in total. The number of benzene rings is 1. The quantitative estimate of drug-likeness (QED) is 0.445. The summed E-state index contributed by atoms with van der Waals surface area (Å²) in [6.07, 6.45) is 5.42. The molecule has 3 fully saturated rings. The molecule has 0 bridgehead atoms. The van der Waals surface area contributed by atoms with Crippen LogP contribution in [0.2, 0.25) is 0 Å². The number of H-pyrrole nitrogens is 1. The highest BCUT2D eigenvalue weighted by atomic mass is 79.9. The summed E-state index contributed by atoms with van der Waals surface area (Å²) in [6.45, 7) is 4.59. The van der Waals surface area contributed by atoms with Crippen LogP contribution in [0.25, 0.3) is 0 Å². The normalized spacial score (nSPS) is 23.4. The third-order valence-corrected chi connectivity index (χ3v) is 8.27. The molecule has 1 saturated heterocycles. The SMILES string of the molecule is CC(C(=O)Nc1cc([C@@H]2CC[C@@H](OC(=O)NC3(C)CC3)C2)[nH]n1)c1ccc(N2CCCC2=O)cc1Br. The summed E-state index contributed by atoms with van der Waals surface area (Å²) in [5.74, 6) is 0.215. The summed E-state index contributed by atoms with van der Waals surface area (Å²) in [4.78, 5) is 38.9. The highest BCUT2D eigenvalue weighted by Gasteiger charge is 2.40. The number of carbonyl (C=O) groups is 3. The minimum Gasteiger partial charge on any atom is -0.446 e. The molecule has 3 atom stereocenters. The monoisotopic (exact) mass is 557 g/mol. The number of rotatable bonds is 7. The lowest BCUT2D eigenvalue weighted by Gasteiger charge is -2.19. The van der Waals surface area contributed by atoms with Crippen LogP contribution in [0.15, 0.2) is 28.7 Å². The van der Waals surface area contributed by atoms with Crippen LogP contribution in [0.5, 0.6) is 0 Å². The van der Waals surface area contributed by atoms with Crippen LogP contribution in [0.3, 0.4) is 0 Å². The molecule has 2 aliphatic carbocycles. The van der Waals surface area contributed by atoms with Crippen LogP contribution in [-0.2, 0) is 14.3 Å². The number of nitrogens with one attached hydrogen (secondary N) is 3. The lowest BCUT2D eigenvalue weighted by Crippen LogP contribution is -2.36. The van der Waals surface area contributed by atoms with Gasteiger partial charge in [0.2, 0.25) is 11.8 Å². The topological polar surface area (TPSA) is 116 Å². The van der Waals surface area contributed by atoms with Crippen molar-refractivity contribution in [2.75, 3.05) is 16.8 Å². The minimum absolute atomic E-state index is 0.0900. The number of carbonyl (C=O) groups excluding carboxylic acids is 3. The Hall–Kier alpha value is -2.88. The number of anilines is 2. The average Bonchev–Trinajstić information content (AvgIpc) is 3.25. The predicted molar refractivity (Wildman–Crippen MR) is 139 cm³/mol. The number of nitrogens with zero attached hydrogens (tertiary/aromatic N) is 2. The van der Waals surface area contributed by atoms with Crippen LogP contribution in [0, 0.1) is 0 Å². The second kappa shape index (κ2) is 9.88. The first kappa shape index (κ1) is 24.8. The fraction of sp³-hybridized carbons (Fsp3) is 0.538. The van der Waals surface area contributed by atoms with Crippen molar-refractivity contribution < 1.29 is 19.1 Å². The standard InChI is InChI=1S/C26H32BrN5O4/c1-15(19-8-6-17(13-20(19)27)32-11-3-4-23(32)33)24(34)28-22-14-21(30-31-22)16-5-7-18(12-16)36-25(35)29-26(2)9-10-26/h6,8,13-16,18H,3-5,7,9-12H2,1-2H3,(H,29,35)(H2,28,30,31,34)/t15?,16-,18-/m1/s1. The zero-order valence-electron chi connectivity index (χ0n) is 20.6. The Morgan fingerprint density at radius 2 is 2.08 bits per heavy atom. The van der Waals surface area contributed by atoms with E-state index in [4.69, 9.17) is 4.74 Å². The minimum atomic E-state index is -0.418. The first-order valence-corrected chi connectivity index (χ1v) is 13.4. The maximum absolute atomic E-state index is 13.0. The third kappa shape index (κ3) is 5.43. The summed E-state index contributed by atoms with van der Waals surface area (Å²) < 4.78 is 6.40. The molecule has 0 spiro atoms. The van der Waals surface area contributed by atoms with Gasteiger partial charge < -0.3 is 20.3 Å². The molecule has 1 aromatic heterocycles. The number of amides is 3. The van der Waals surface area contributed by atoms with Gasteiger partial charge in [-0.2, -0.15) is 5.10 Å². The molecule has 3 amide bonds. The van der Waals surface area contributed by atoms with Gasteiger partial charge >= 0.3 is 6.09 Å². The number of halogens is 1. The van der Waals surface area contributed by atoms with Crippen molar-refractivity contribution in [3.63, 3.8) is 0 Å². The van der Waals surface area contributed by atoms with Crippen molar-refractivity contribution in [2.45, 2.75) is 82.3 Å². The van der Waals surface area contributed by atoms with E-state index in [0.29, 0.717) is 12.2 Å². The molecule has 3 aliphatic rings. The molecule has 0 radical (unpaired) electrons. The summed E-state index contributed by atoms with van der Waals surface area (Å²) in [5, 5.41) is 13.2. The highest BCUT2D eigenvalue weighted by molar-refractivity contribution is 9.10. The Morgan fingerprint density at radius 1 is 1.28 bits per heavy atom. The molecule has 2 saturated carbocycles. The number of hydrogen-bond donors (Lipinski definition) is 3. The predicted octanol–water partition coefficient (Wildman–Crippen LogP) is 4.96. The molecule has 2 heterocycles. The molecular weight excluding hydrogens is 526 g/mol. The number of aromatic amines is 1. The van der Waals surface area contributed by atoms with Gasteiger partial charge in [-0.05, 0) is 70.1 Å². The second-order valence-electron chi connectivity index (χ2n) is 10.5. The van der Waals surface area contributed by atoms with E-state index in [1.807, 2.05) is 38.1 Å². The van der Waals surface area contributed by atoms with E-state index in [1.54, 1.807) is 4.90 Å². The molecule has 1 aliphatic heterocycles. The zero-order chi connectivity index (χ0) is 25.4. The number of hydrogen-bond acceptors (Lipinski definition) is 5. The van der Waals surface area contributed by atoms with Gasteiger partial charge in [0.15, 0.2) is 5.82 Å². The van der Waals surface area contributed by atoms with Gasteiger partial charge in [-0.15, -0.1) is 0 Å². The molecule has 1 unspecified atom stereocenters. The van der Waals surface area contributed by atoms with Gasteiger partial charge in [0, 0.05) is 46.3 Å². The number of alkyl carbamates (subject to hydrolysis) is 1. The van der Waals surface area contributed by atoms with Crippen molar-refractivity contribution >= 4 is 45.3 Å². The van der Waals surface area contributed by atoms with Crippen LogP contribution in [0.4, 0.5) is 16.3 Å². The molecule has 2 aromatic rings.